The van der Waals surface area contributed by atoms with Gasteiger partial charge in [-0.15, -0.1) is 16.9 Å². The summed E-state index contributed by atoms with van der Waals surface area (Å²) in [5.41, 5.74) is 2.14. The molecule has 2 aromatic rings. The van der Waals surface area contributed by atoms with Crippen LogP contribution in [0, 0.1) is 0 Å². The maximum atomic E-state index is 4.25. The lowest BCUT2D eigenvalue weighted by Gasteiger charge is -2.04. The summed E-state index contributed by atoms with van der Waals surface area (Å²) in [6.45, 7) is 2.29. The monoisotopic (exact) mass is 389 g/mol. The van der Waals surface area contributed by atoms with Gasteiger partial charge in [0.05, 0.1) is 11.4 Å². The molecular formula is C23H39N3S. The van der Waals surface area contributed by atoms with Crippen molar-refractivity contribution < 1.29 is 0 Å². The van der Waals surface area contributed by atoms with Crippen LogP contribution in [0.3, 0.4) is 0 Å². The molecule has 0 fully saturated rings. The van der Waals surface area contributed by atoms with Crippen LogP contribution in [0.1, 0.15) is 96.8 Å². The smallest absolute Gasteiger partial charge is 0.113 e. The number of hydrogen-bond donors (Lipinski definition) is 0. The van der Waals surface area contributed by atoms with Crippen LogP contribution in [0.15, 0.2) is 24.3 Å². The van der Waals surface area contributed by atoms with Crippen molar-refractivity contribution in [2.75, 3.05) is 5.75 Å². The van der Waals surface area contributed by atoms with Crippen molar-refractivity contribution in [2.24, 2.45) is 0 Å². The Kier molecular flexibility index (Phi) is 12.3. The largest absolute Gasteiger partial charge is 0.235 e. The molecule has 0 spiro atoms. The Morgan fingerprint density at radius 3 is 1.93 bits per heavy atom. The van der Waals surface area contributed by atoms with Crippen molar-refractivity contribution in [3.05, 3.63) is 24.3 Å². The maximum Gasteiger partial charge on any atom is 0.113 e. The van der Waals surface area contributed by atoms with Crippen molar-refractivity contribution in [3.8, 4) is 0 Å². The Labute approximate surface area is 170 Å². The average Bonchev–Trinajstić information content (AvgIpc) is 3.11. The molecule has 3 nitrogen and oxygen atoms in total. The fourth-order valence-electron chi connectivity index (χ4n) is 3.56. The number of benzene rings is 1. The van der Waals surface area contributed by atoms with E-state index in [2.05, 4.69) is 29.4 Å². The van der Waals surface area contributed by atoms with E-state index in [-0.39, 0.29) is 0 Å². The molecule has 0 radical (unpaired) electrons. The van der Waals surface area contributed by atoms with Gasteiger partial charge in [0.25, 0.3) is 0 Å². The summed E-state index contributed by atoms with van der Waals surface area (Å²) in [5.74, 6) is 2.14. The second-order valence-corrected chi connectivity index (χ2v) is 8.79. The minimum absolute atomic E-state index is 0.916. The predicted octanol–water partition coefficient (Wildman–Crippen LogP) is 7.60. The predicted molar refractivity (Wildman–Crippen MR) is 120 cm³/mol. The van der Waals surface area contributed by atoms with Crippen molar-refractivity contribution in [3.63, 3.8) is 0 Å². The quantitative estimate of drug-likeness (QED) is 0.261. The lowest BCUT2D eigenvalue weighted by Crippen LogP contribution is -1.97. The van der Waals surface area contributed by atoms with E-state index in [1.165, 1.54) is 95.6 Å². The van der Waals surface area contributed by atoms with Crippen molar-refractivity contribution in [2.45, 2.75) is 103 Å². The molecule has 1 aromatic heterocycles. The molecule has 0 aliphatic heterocycles. The van der Waals surface area contributed by atoms with Crippen molar-refractivity contribution in [1.82, 2.24) is 15.0 Å². The van der Waals surface area contributed by atoms with E-state index in [0.29, 0.717) is 0 Å². The van der Waals surface area contributed by atoms with Gasteiger partial charge in [0.15, 0.2) is 0 Å². The zero-order valence-electron chi connectivity index (χ0n) is 17.4. The Hall–Kier alpha value is -1.03. The lowest BCUT2D eigenvalue weighted by molar-refractivity contribution is 0.538. The first-order valence-electron chi connectivity index (χ1n) is 11.3. The fraction of sp³-hybridized carbons (Fsp3) is 0.739. The van der Waals surface area contributed by atoms with E-state index < -0.39 is 0 Å². The molecule has 0 saturated heterocycles. The molecule has 0 saturated carbocycles. The van der Waals surface area contributed by atoms with E-state index in [4.69, 9.17) is 0 Å². The second kappa shape index (κ2) is 15.0. The van der Waals surface area contributed by atoms with Crippen LogP contribution in [0.2, 0.25) is 0 Å². The molecule has 0 atom stereocenters. The number of rotatable bonds is 17. The Morgan fingerprint density at radius 1 is 0.741 bits per heavy atom. The summed E-state index contributed by atoms with van der Waals surface area (Å²) < 4.78 is 2.02. The highest BCUT2D eigenvalue weighted by atomic mass is 32.2. The van der Waals surface area contributed by atoms with Crippen molar-refractivity contribution >= 4 is 22.8 Å². The van der Waals surface area contributed by atoms with Crippen LogP contribution in [0.25, 0.3) is 11.0 Å². The van der Waals surface area contributed by atoms with Gasteiger partial charge in [-0.25, -0.2) is 4.68 Å². The SMILES string of the molecule is CCCCCCCCCCCCCCCCSCn1nnc2ccccc21. The van der Waals surface area contributed by atoms with Gasteiger partial charge in [-0.2, -0.15) is 0 Å². The first-order valence-corrected chi connectivity index (χ1v) is 12.4. The minimum atomic E-state index is 0.916. The molecule has 0 unspecified atom stereocenters. The molecule has 0 aliphatic carbocycles. The number of unbranched alkanes of at least 4 members (excludes halogenated alkanes) is 13. The van der Waals surface area contributed by atoms with Gasteiger partial charge in [-0.3, -0.25) is 0 Å². The zero-order chi connectivity index (χ0) is 19.0. The molecule has 1 aromatic carbocycles. The standard InChI is InChI=1S/C23H39N3S/c1-2-3-4-5-6-7-8-9-10-11-12-13-14-17-20-27-21-26-23-19-16-15-18-22(23)24-25-26/h15-16,18-19H,2-14,17,20-21H2,1H3. The van der Waals surface area contributed by atoms with Gasteiger partial charge in [-0.05, 0) is 24.3 Å². The van der Waals surface area contributed by atoms with Crippen LogP contribution in [-0.4, -0.2) is 20.7 Å². The highest BCUT2D eigenvalue weighted by Crippen LogP contribution is 2.16. The van der Waals surface area contributed by atoms with E-state index >= 15 is 0 Å². The van der Waals surface area contributed by atoms with Gasteiger partial charge in [0, 0.05) is 0 Å². The number of aromatic nitrogens is 3. The van der Waals surface area contributed by atoms with Gasteiger partial charge < -0.3 is 0 Å². The second-order valence-electron chi connectivity index (χ2n) is 7.71. The minimum Gasteiger partial charge on any atom is -0.235 e. The molecule has 27 heavy (non-hydrogen) atoms. The summed E-state index contributed by atoms with van der Waals surface area (Å²) in [5, 5.41) is 8.46. The molecule has 2 rings (SSSR count). The Balaban J connectivity index is 1.33. The summed E-state index contributed by atoms with van der Waals surface area (Å²) in [4.78, 5) is 0. The van der Waals surface area contributed by atoms with Gasteiger partial charge in [0.2, 0.25) is 0 Å². The van der Waals surface area contributed by atoms with E-state index in [1.807, 2.05) is 28.6 Å². The van der Waals surface area contributed by atoms with Crippen LogP contribution in [0.5, 0.6) is 0 Å². The number of nitrogens with zero attached hydrogens (tertiary/aromatic N) is 3. The Morgan fingerprint density at radius 2 is 1.30 bits per heavy atom. The third kappa shape index (κ3) is 9.64. The maximum absolute atomic E-state index is 4.25. The van der Waals surface area contributed by atoms with Crippen LogP contribution in [-0.2, 0) is 5.88 Å². The average molecular weight is 390 g/mol. The highest BCUT2D eigenvalue weighted by molar-refractivity contribution is 7.98. The summed E-state index contributed by atoms with van der Waals surface area (Å²) in [6, 6.07) is 8.20. The first kappa shape index (κ1) is 22.3. The summed E-state index contributed by atoms with van der Waals surface area (Å²) in [7, 11) is 0. The molecule has 152 valence electrons. The Bertz CT molecular complexity index is 596. The van der Waals surface area contributed by atoms with Gasteiger partial charge in [-0.1, -0.05) is 108 Å². The van der Waals surface area contributed by atoms with E-state index in [9.17, 15) is 0 Å². The first-order chi connectivity index (χ1) is 13.4. The van der Waals surface area contributed by atoms with Crippen LogP contribution >= 0.6 is 11.8 Å². The zero-order valence-corrected chi connectivity index (χ0v) is 18.2. The van der Waals surface area contributed by atoms with Gasteiger partial charge >= 0.3 is 0 Å². The van der Waals surface area contributed by atoms with Crippen molar-refractivity contribution in [1.29, 1.82) is 0 Å². The number of fused-ring (bicyclic) bond motifs is 1. The molecule has 1 heterocycles. The summed E-state index contributed by atoms with van der Waals surface area (Å²) in [6.07, 6.45) is 19.9. The third-order valence-electron chi connectivity index (χ3n) is 5.28. The number of para-hydroxylation sites is 1. The molecule has 0 amide bonds. The topological polar surface area (TPSA) is 30.7 Å². The highest BCUT2D eigenvalue weighted by Gasteiger charge is 2.02. The molecular weight excluding hydrogens is 350 g/mol. The molecule has 4 heteroatoms. The molecule has 0 bridgehead atoms. The van der Waals surface area contributed by atoms with E-state index in [0.717, 1.165) is 16.9 Å². The number of hydrogen-bond acceptors (Lipinski definition) is 3. The molecule has 0 N–H and O–H groups in total. The summed E-state index contributed by atoms with van der Waals surface area (Å²) >= 11 is 1.97. The van der Waals surface area contributed by atoms with Crippen LogP contribution < -0.4 is 0 Å². The van der Waals surface area contributed by atoms with E-state index in [1.54, 1.807) is 0 Å². The fourth-order valence-corrected chi connectivity index (χ4v) is 4.46. The third-order valence-corrected chi connectivity index (χ3v) is 6.28. The van der Waals surface area contributed by atoms with Gasteiger partial charge in [0.1, 0.15) is 5.52 Å². The van der Waals surface area contributed by atoms with Crippen LogP contribution in [0.4, 0.5) is 0 Å². The lowest BCUT2D eigenvalue weighted by atomic mass is 10.0. The molecule has 0 aliphatic rings. The number of thioether (sulfide) groups is 1. The normalized spacial score (nSPS) is 11.4.